The van der Waals surface area contributed by atoms with Gasteiger partial charge in [0.05, 0.1) is 17.6 Å². The van der Waals surface area contributed by atoms with Crippen LogP contribution in [0.5, 0.6) is 0 Å². The second-order valence-corrected chi connectivity index (χ2v) is 7.22. The summed E-state index contributed by atoms with van der Waals surface area (Å²) in [6.07, 6.45) is 4.50. The number of benzene rings is 2. The SMILES string of the molecule is Cc1ccc(-n2c(-c3ccccc3)cnc2SCc2nccn2C(F)F)cc1. The van der Waals surface area contributed by atoms with Crippen molar-refractivity contribution in [1.29, 1.82) is 0 Å². The third kappa shape index (κ3) is 3.71. The smallest absolute Gasteiger partial charge is 0.287 e. The van der Waals surface area contributed by atoms with Gasteiger partial charge in [-0.2, -0.15) is 8.78 Å². The van der Waals surface area contributed by atoms with Gasteiger partial charge in [-0.1, -0.05) is 59.8 Å². The standard InChI is InChI=1S/C21H18F2N4S/c1-15-7-9-17(10-8-15)27-18(16-5-3-2-4-6-16)13-25-21(27)28-14-19-24-11-12-26(19)20(22)23/h2-13,20H,14H2,1H3. The van der Waals surface area contributed by atoms with Gasteiger partial charge in [0.2, 0.25) is 0 Å². The second-order valence-electron chi connectivity index (χ2n) is 6.28. The third-order valence-electron chi connectivity index (χ3n) is 4.38. The summed E-state index contributed by atoms with van der Waals surface area (Å²) in [6.45, 7) is -0.565. The zero-order valence-electron chi connectivity index (χ0n) is 15.2. The molecular weight excluding hydrogens is 378 g/mol. The summed E-state index contributed by atoms with van der Waals surface area (Å²) in [5.74, 6) is 0.619. The van der Waals surface area contributed by atoms with Crippen molar-refractivity contribution in [2.75, 3.05) is 0 Å². The van der Waals surface area contributed by atoms with Crippen molar-refractivity contribution in [2.24, 2.45) is 0 Å². The van der Waals surface area contributed by atoms with E-state index in [4.69, 9.17) is 0 Å². The molecule has 0 N–H and O–H groups in total. The first-order valence-electron chi connectivity index (χ1n) is 8.76. The van der Waals surface area contributed by atoms with Gasteiger partial charge in [-0.25, -0.2) is 9.97 Å². The number of imidazole rings is 2. The molecular formula is C21H18F2N4S. The highest BCUT2D eigenvalue weighted by molar-refractivity contribution is 7.98. The third-order valence-corrected chi connectivity index (χ3v) is 5.33. The molecule has 0 aliphatic rings. The van der Waals surface area contributed by atoms with E-state index in [9.17, 15) is 8.78 Å². The molecule has 0 aliphatic heterocycles. The maximum Gasteiger partial charge on any atom is 0.319 e. The minimum atomic E-state index is -2.60. The van der Waals surface area contributed by atoms with E-state index in [0.717, 1.165) is 26.7 Å². The summed E-state index contributed by atoms with van der Waals surface area (Å²) < 4.78 is 29.1. The summed E-state index contributed by atoms with van der Waals surface area (Å²) in [5.41, 5.74) is 4.13. The van der Waals surface area contributed by atoms with Gasteiger partial charge in [0, 0.05) is 23.6 Å². The van der Waals surface area contributed by atoms with Crippen molar-refractivity contribution in [3.05, 3.63) is 84.6 Å². The molecule has 0 aliphatic carbocycles. The van der Waals surface area contributed by atoms with E-state index in [1.165, 1.54) is 29.7 Å². The summed E-state index contributed by atoms with van der Waals surface area (Å²) in [4.78, 5) is 8.62. The fourth-order valence-electron chi connectivity index (χ4n) is 2.96. The summed E-state index contributed by atoms with van der Waals surface area (Å²) >= 11 is 1.39. The van der Waals surface area contributed by atoms with Gasteiger partial charge < -0.3 is 0 Å². The Kier molecular flexibility index (Phi) is 5.25. The van der Waals surface area contributed by atoms with E-state index >= 15 is 0 Å². The highest BCUT2D eigenvalue weighted by atomic mass is 32.2. The number of hydrogen-bond acceptors (Lipinski definition) is 3. The molecule has 0 fully saturated rings. The van der Waals surface area contributed by atoms with Crippen molar-refractivity contribution < 1.29 is 8.78 Å². The lowest BCUT2D eigenvalue weighted by Gasteiger charge is -2.13. The van der Waals surface area contributed by atoms with Gasteiger partial charge in [-0.15, -0.1) is 0 Å². The fraction of sp³-hybridized carbons (Fsp3) is 0.143. The zero-order valence-corrected chi connectivity index (χ0v) is 16.0. The van der Waals surface area contributed by atoms with Crippen LogP contribution >= 0.6 is 11.8 Å². The predicted molar refractivity (Wildman–Crippen MR) is 107 cm³/mol. The molecule has 0 atom stereocenters. The van der Waals surface area contributed by atoms with Crippen molar-refractivity contribution >= 4 is 11.8 Å². The lowest BCUT2D eigenvalue weighted by molar-refractivity contribution is 0.0678. The Morgan fingerprint density at radius 2 is 1.75 bits per heavy atom. The van der Waals surface area contributed by atoms with E-state index in [0.29, 0.717) is 11.6 Å². The van der Waals surface area contributed by atoms with Crippen LogP contribution in [0, 0.1) is 6.92 Å². The molecule has 2 aromatic heterocycles. The van der Waals surface area contributed by atoms with Crippen molar-refractivity contribution in [3.8, 4) is 16.9 Å². The first-order valence-corrected chi connectivity index (χ1v) is 9.75. The molecule has 0 radical (unpaired) electrons. The Balaban J connectivity index is 1.72. The van der Waals surface area contributed by atoms with Gasteiger partial charge in [-0.3, -0.25) is 9.13 Å². The number of aromatic nitrogens is 4. The highest BCUT2D eigenvalue weighted by Crippen LogP contribution is 2.31. The fourth-order valence-corrected chi connectivity index (χ4v) is 3.90. The minimum Gasteiger partial charge on any atom is -0.287 e. The van der Waals surface area contributed by atoms with E-state index in [1.807, 2.05) is 67.7 Å². The Hall–Kier alpha value is -2.93. The normalized spacial score (nSPS) is 11.3. The molecule has 28 heavy (non-hydrogen) atoms. The van der Waals surface area contributed by atoms with Gasteiger partial charge in [0.25, 0.3) is 0 Å². The monoisotopic (exact) mass is 396 g/mol. The number of nitrogens with zero attached hydrogens (tertiary/aromatic N) is 4. The molecule has 0 saturated carbocycles. The van der Waals surface area contributed by atoms with Crippen molar-refractivity contribution in [3.63, 3.8) is 0 Å². The van der Waals surface area contributed by atoms with Crippen LogP contribution in [0.25, 0.3) is 16.9 Å². The number of aryl methyl sites for hydroxylation is 1. The van der Waals surface area contributed by atoms with Gasteiger partial charge in [0.15, 0.2) is 5.16 Å². The van der Waals surface area contributed by atoms with Crippen molar-refractivity contribution in [1.82, 2.24) is 19.1 Å². The quantitative estimate of drug-likeness (QED) is 0.390. The zero-order chi connectivity index (χ0) is 19.5. The molecule has 142 valence electrons. The summed E-state index contributed by atoms with van der Waals surface area (Å²) in [6, 6.07) is 18.1. The molecule has 2 aromatic carbocycles. The van der Waals surface area contributed by atoms with Gasteiger partial charge >= 0.3 is 6.55 Å². The number of thioether (sulfide) groups is 1. The van der Waals surface area contributed by atoms with E-state index in [2.05, 4.69) is 14.5 Å². The van der Waals surface area contributed by atoms with Crippen LogP contribution in [0.4, 0.5) is 8.78 Å². The molecule has 2 heterocycles. The van der Waals surface area contributed by atoms with E-state index in [1.54, 1.807) is 0 Å². The van der Waals surface area contributed by atoms with Crippen LogP contribution < -0.4 is 0 Å². The molecule has 4 rings (SSSR count). The minimum absolute atomic E-state index is 0.300. The maximum absolute atomic E-state index is 13.1. The van der Waals surface area contributed by atoms with Gasteiger partial charge in [0.1, 0.15) is 5.82 Å². The lowest BCUT2D eigenvalue weighted by atomic mass is 10.1. The van der Waals surface area contributed by atoms with Crippen molar-refractivity contribution in [2.45, 2.75) is 24.4 Å². The van der Waals surface area contributed by atoms with Crippen LogP contribution in [0.1, 0.15) is 17.9 Å². The molecule has 0 unspecified atom stereocenters. The predicted octanol–water partition coefficient (Wildman–Crippen LogP) is 5.73. The lowest BCUT2D eigenvalue weighted by Crippen LogP contribution is -2.03. The summed E-state index contributed by atoms with van der Waals surface area (Å²) in [7, 11) is 0. The van der Waals surface area contributed by atoms with Crippen LogP contribution in [0.15, 0.2) is 78.3 Å². The van der Waals surface area contributed by atoms with Gasteiger partial charge in [-0.05, 0) is 19.1 Å². The number of halogens is 2. The first kappa shape index (κ1) is 18.4. The number of hydrogen-bond donors (Lipinski definition) is 0. The molecule has 4 aromatic rings. The molecule has 0 saturated heterocycles. The van der Waals surface area contributed by atoms with Crippen LogP contribution in [-0.2, 0) is 5.75 Å². The second kappa shape index (κ2) is 7.98. The summed E-state index contributed by atoms with van der Waals surface area (Å²) in [5, 5.41) is 0.728. The highest BCUT2D eigenvalue weighted by Gasteiger charge is 2.17. The Morgan fingerprint density at radius 3 is 2.46 bits per heavy atom. The van der Waals surface area contributed by atoms with Crippen LogP contribution in [-0.4, -0.2) is 19.1 Å². The number of alkyl halides is 2. The Morgan fingerprint density at radius 1 is 1.00 bits per heavy atom. The van der Waals surface area contributed by atoms with Crippen LogP contribution in [0.3, 0.4) is 0 Å². The maximum atomic E-state index is 13.1. The van der Waals surface area contributed by atoms with E-state index in [-0.39, 0.29) is 0 Å². The largest absolute Gasteiger partial charge is 0.319 e. The molecule has 0 amide bonds. The first-order chi connectivity index (χ1) is 13.6. The number of rotatable bonds is 6. The molecule has 4 nitrogen and oxygen atoms in total. The molecule has 0 spiro atoms. The topological polar surface area (TPSA) is 35.6 Å². The molecule has 7 heteroatoms. The Labute approximate surface area is 165 Å². The Bertz CT molecular complexity index is 1060. The van der Waals surface area contributed by atoms with Crippen LogP contribution in [0.2, 0.25) is 0 Å². The van der Waals surface area contributed by atoms with E-state index < -0.39 is 6.55 Å². The molecule has 0 bridgehead atoms. The average molecular weight is 396 g/mol. The average Bonchev–Trinajstić information content (AvgIpc) is 3.35.